The lowest BCUT2D eigenvalue weighted by molar-refractivity contribution is -0.727. The zero-order chi connectivity index (χ0) is 13.0. The standard InChI is InChI=1S/C9H14N4O4/c1-6-5-7(2)13(11-9(15)17-4)12(6)10-8(14)16-3/h5H,1-4H3,(H-,10,11,14,15)/p+1. The SMILES string of the molecule is COC(=O)Nn1c(C)cc(C)[n+]1NC(=O)OC. The van der Waals surface area contributed by atoms with Crippen molar-refractivity contribution >= 4 is 12.2 Å². The molecular formula is C9H15N4O4+. The summed E-state index contributed by atoms with van der Waals surface area (Å²) in [4.78, 5) is 24.9. The van der Waals surface area contributed by atoms with Gasteiger partial charge in [-0.15, -0.1) is 5.43 Å². The Morgan fingerprint density at radius 1 is 1.24 bits per heavy atom. The number of carbonyl (C=O) groups excluding carboxylic acids is 2. The summed E-state index contributed by atoms with van der Waals surface area (Å²) in [5.74, 6) is 0. The van der Waals surface area contributed by atoms with E-state index in [2.05, 4.69) is 20.3 Å². The summed E-state index contributed by atoms with van der Waals surface area (Å²) in [7, 11) is 2.50. The number of hydrogen-bond acceptors (Lipinski definition) is 4. The van der Waals surface area contributed by atoms with Crippen LogP contribution >= 0.6 is 0 Å². The van der Waals surface area contributed by atoms with E-state index in [0.717, 1.165) is 0 Å². The second-order valence-corrected chi connectivity index (χ2v) is 3.26. The van der Waals surface area contributed by atoms with Gasteiger partial charge in [-0.1, -0.05) is 5.43 Å². The first kappa shape index (κ1) is 12.8. The summed E-state index contributed by atoms with van der Waals surface area (Å²) in [6, 6.07) is 1.77. The molecule has 2 amide bonds. The van der Waals surface area contributed by atoms with Gasteiger partial charge in [0.15, 0.2) is 5.69 Å². The fraction of sp³-hybridized carbons (Fsp3) is 0.444. The van der Waals surface area contributed by atoms with Gasteiger partial charge in [-0.2, -0.15) is 4.79 Å². The fourth-order valence-corrected chi connectivity index (χ4v) is 1.28. The summed E-state index contributed by atoms with van der Waals surface area (Å²) in [5.41, 5.74) is 6.28. The molecule has 0 aliphatic heterocycles. The number of ether oxygens (including phenoxy) is 2. The van der Waals surface area contributed by atoms with E-state index in [1.807, 2.05) is 0 Å². The third kappa shape index (κ3) is 2.86. The molecular weight excluding hydrogens is 228 g/mol. The molecule has 1 aromatic rings. The molecule has 0 spiro atoms. The van der Waals surface area contributed by atoms with Crippen LogP contribution in [0.2, 0.25) is 0 Å². The van der Waals surface area contributed by atoms with Gasteiger partial charge in [0.1, 0.15) is 5.69 Å². The second-order valence-electron chi connectivity index (χ2n) is 3.26. The summed E-state index contributed by atoms with van der Waals surface area (Å²) in [6.45, 7) is 3.52. The van der Waals surface area contributed by atoms with Crippen LogP contribution < -0.4 is 15.6 Å². The zero-order valence-electron chi connectivity index (χ0n) is 10.1. The summed E-state index contributed by atoms with van der Waals surface area (Å²) < 4.78 is 8.95. The highest BCUT2D eigenvalue weighted by Crippen LogP contribution is 1.97. The largest absolute Gasteiger partial charge is 0.523 e. The number of aromatic nitrogens is 2. The maximum absolute atomic E-state index is 11.1. The minimum Gasteiger partial charge on any atom is -0.451 e. The van der Waals surface area contributed by atoms with Crippen molar-refractivity contribution in [2.75, 3.05) is 25.1 Å². The van der Waals surface area contributed by atoms with Gasteiger partial charge in [-0.3, -0.25) is 0 Å². The van der Waals surface area contributed by atoms with E-state index >= 15 is 0 Å². The highest BCUT2D eigenvalue weighted by atomic mass is 16.5. The number of amides is 2. The molecule has 0 aliphatic carbocycles. The average Bonchev–Trinajstić information content (AvgIpc) is 2.55. The van der Waals surface area contributed by atoms with Gasteiger partial charge in [-0.25, -0.2) is 4.79 Å². The number of hydrogen-bond donors (Lipinski definition) is 2. The van der Waals surface area contributed by atoms with Crippen LogP contribution in [0.4, 0.5) is 9.59 Å². The molecule has 2 N–H and O–H groups in total. The van der Waals surface area contributed by atoms with Crippen LogP contribution in [0.25, 0.3) is 0 Å². The third-order valence-electron chi connectivity index (χ3n) is 2.05. The lowest BCUT2D eigenvalue weighted by Gasteiger charge is -2.06. The molecule has 8 nitrogen and oxygen atoms in total. The quantitative estimate of drug-likeness (QED) is 0.717. The molecule has 1 heterocycles. The predicted octanol–water partition coefficient (Wildman–Crippen LogP) is 0.0122. The van der Waals surface area contributed by atoms with Crippen molar-refractivity contribution in [3.8, 4) is 0 Å². The molecule has 8 heteroatoms. The van der Waals surface area contributed by atoms with Gasteiger partial charge in [0.05, 0.1) is 14.2 Å². The molecule has 1 rings (SSSR count). The molecule has 0 atom stereocenters. The van der Waals surface area contributed by atoms with E-state index in [9.17, 15) is 9.59 Å². The molecule has 0 aliphatic rings. The van der Waals surface area contributed by atoms with Crippen molar-refractivity contribution in [3.63, 3.8) is 0 Å². The Kier molecular flexibility index (Phi) is 3.91. The van der Waals surface area contributed by atoms with Gasteiger partial charge in [0, 0.05) is 13.0 Å². The Hall–Kier alpha value is -2.25. The first-order chi connectivity index (χ1) is 7.99. The predicted molar refractivity (Wildman–Crippen MR) is 57.6 cm³/mol. The van der Waals surface area contributed by atoms with E-state index in [4.69, 9.17) is 0 Å². The van der Waals surface area contributed by atoms with E-state index in [1.165, 1.54) is 23.8 Å². The maximum Gasteiger partial charge on any atom is 0.523 e. The van der Waals surface area contributed by atoms with Gasteiger partial charge in [0.25, 0.3) is 0 Å². The van der Waals surface area contributed by atoms with Crippen molar-refractivity contribution in [1.29, 1.82) is 0 Å². The number of carbonyl (C=O) groups is 2. The Bertz CT molecular complexity index is 402. The molecule has 0 saturated carbocycles. The molecule has 0 fully saturated rings. The number of methoxy groups -OCH3 is 2. The van der Waals surface area contributed by atoms with Crippen LogP contribution in [0.15, 0.2) is 6.07 Å². The van der Waals surface area contributed by atoms with Crippen molar-refractivity contribution in [2.24, 2.45) is 0 Å². The van der Waals surface area contributed by atoms with Gasteiger partial charge in [0.2, 0.25) is 0 Å². The van der Waals surface area contributed by atoms with E-state index in [1.54, 1.807) is 19.9 Å². The molecule has 17 heavy (non-hydrogen) atoms. The molecule has 0 saturated heterocycles. The first-order valence-electron chi connectivity index (χ1n) is 4.80. The summed E-state index contributed by atoms with van der Waals surface area (Å²) in [5, 5.41) is 0. The number of aryl methyl sites for hydroxylation is 2. The van der Waals surface area contributed by atoms with Gasteiger partial charge < -0.3 is 9.47 Å². The number of nitrogens with one attached hydrogen (secondary N) is 2. The molecule has 0 bridgehead atoms. The van der Waals surface area contributed by atoms with Crippen molar-refractivity contribution in [2.45, 2.75) is 13.8 Å². The molecule has 94 valence electrons. The summed E-state index contributed by atoms with van der Waals surface area (Å²) in [6.07, 6.45) is -1.30. The monoisotopic (exact) mass is 243 g/mol. The zero-order valence-corrected chi connectivity index (χ0v) is 10.1. The average molecular weight is 243 g/mol. The normalized spacial score (nSPS) is 9.65. The Morgan fingerprint density at radius 2 is 1.82 bits per heavy atom. The Morgan fingerprint density at radius 3 is 2.35 bits per heavy atom. The smallest absolute Gasteiger partial charge is 0.451 e. The molecule has 0 unspecified atom stereocenters. The van der Waals surface area contributed by atoms with Crippen LogP contribution in [-0.2, 0) is 9.47 Å². The lowest BCUT2D eigenvalue weighted by atomic mass is 10.4. The van der Waals surface area contributed by atoms with Crippen molar-refractivity contribution in [1.82, 2.24) is 4.79 Å². The van der Waals surface area contributed by atoms with E-state index < -0.39 is 12.2 Å². The van der Waals surface area contributed by atoms with Gasteiger partial charge >= 0.3 is 12.2 Å². The Balaban J connectivity index is 3.01. The number of nitrogens with zero attached hydrogens (tertiary/aromatic N) is 2. The lowest BCUT2D eigenvalue weighted by Crippen LogP contribution is -2.59. The number of rotatable bonds is 2. The van der Waals surface area contributed by atoms with Crippen LogP contribution in [-0.4, -0.2) is 31.2 Å². The fourth-order valence-electron chi connectivity index (χ4n) is 1.28. The highest BCUT2D eigenvalue weighted by molar-refractivity contribution is 5.75. The van der Waals surface area contributed by atoms with E-state index in [0.29, 0.717) is 11.4 Å². The summed E-state index contributed by atoms with van der Waals surface area (Å²) >= 11 is 0. The minimum absolute atomic E-state index is 0.649. The first-order valence-corrected chi connectivity index (χ1v) is 4.80. The second kappa shape index (κ2) is 5.19. The Labute approximate surface area is 98.0 Å². The van der Waals surface area contributed by atoms with Crippen molar-refractivity contribution < 1.29 is 23.9 Å². The van der Waals surface area contributed by atoms with Crippen LogP contribution in [0.5, 0.6) is 0 Å². The van der Waals surface area contributed by atoms with Crippen molar-refractivity contribution in [3.05, 3.63) is 17.5 Å². The maximum atomic E-state index is 11.1. The third-order valence-corrected chi connectivity index (χ3v) is 2.05. The van der Waals surface area contributed by atoms with E-state index in [-0.39, 0.29) is 0 Å². The van der Waals surface area contributed by atoms with Crippen LogP contribution in [0, 0.1) is 13.8 Å². The molecule has 0 aromatic carbocycles. The minimum atomic E-state index is -0.649. The topological polar surface area (TPSA) is 85.5 Å². The molecule has 0 radical (unpaired) electrons. The van der Waals surface area contributed by atoms with Gasteiger partial charge in [-0.05, 0) is 16.5 Å². The van der Waals surface area contributed by atoms with Crippen LogP contribution in [0.3, 0.4) is 0 Å². The molecule has 1 aromatic heterocycles. The van der Waals surface area contributed by atoms with Crippen LogP contribution in [0.1, 0.15) is 11.4 Å². The highest BCUT2D eigenvalue weighted by Gasteiger charge is 2.20.